The number of carbonyl (C=O) groups is 1. The van der Waals surface area contributed by atoms with Crippen LogP contribution in [-0.2, 0) is 22.5 Å². The maximum Gasteiger partial charge on any atom is 0.222 e. The third-order valence-corrected chi connectivity index (χ3v) is 6.96. The molecule has 0 bridgehead atoms. The first kappa shape index (κ1) is 23.9. The summed E-state index contributed by atoms with van der Waals surface area (Å²) in [6, 6.07) is 24.7. The van der Waals surface area contributed by atoms with Gasteiger partial charge in [0.25, 0.3) is 0 Å². The third kappa shape index (κ3) is 5.09. The van der Waals surface area contributed by atoms with Crippen LogP contribution in [0.5, 0.6) is 5.75 Å². The predicted octanol–water partition coefficient (Wildman–Crippen LogP) is 5.27. The number of morpholine rings is 1. The second-order valence-electron chi connectivity index (χ2n) is 9.23. The average Bonchev–Trinajstić information content (AvgIpc) is 3.31. The van der Waals surface area contributed by atoms with Gasteiger partial charge in [-0.15, -0.1) is 0 Å². The van der Waals surface area contributed by atoms with Crippen molar-refractivity contribution in [1.29, 1.82) is 0 Å². The van der Waals surface area contributed by atoms with E-state index in [9.17, 15) is 4.79 Å². The second-order valence-corrected chi connectivity index (χ2v) is 9.23. The lowest BCUT2D eigenvalue weighted by Crippen LogP contribution is -2.37. The van der Waals surface area contributed by atoms with E-state index in [2.05, 4.69) is 52.3 Å². The van der Waals surface area contributed by atoms with Gasteiger partial charge in [-0.2, -0.15) is 0 Å². The molecule has 1 aromatic heterocycles. The van der Waals surface area contributed by atoms with Crippen LogP contribution in [0.4, 0.5) is 5.69 Å². The molecule has 1 saturated heterocycles. The number of carbonyl (C=O) groups excluding carboxylic acids is 1. The van der Waals surface area contributed by atoms with Crippen LogP contribution in [0.15, 0.2) is 72.8 Å². The molecule has 0 aliphatic carbocycles. The molecule has 3 aromatic carbocycles. The van der Waals surface area contributed by atoms with E-state index < -0.39 is 0 Å². The van der Waals surface area contributed by atoms with Gasteiger partial charge in [-0.1, -0.05) is 36.4 Å². The van der Waals surface area contributed by atoms with Crippen molar-refractivity contribution in [3.8, 4) is 17.0 Å². The highest BCUT2D eigenvalue weighted by Gasteiger charge is 2.19. The summed E-state index contributed by atoms with van der Waals surface area (Å²) in [6.45, 7) is 3.83. The number of nitrogens with zero attached hydrogens (tertiary/aromatic N) is 2. The lowest BCUT2D eigenvalue weighted by molar-refractivity contribution is -0.130. The Morgan fingerprint density at radius 1 is 1.00 bits per heavy atom. The molecule has 2 heterocycles. The van der Waals surface area contributed by atoms with E-state index in [0.717, 1.165) is 54.2 Å². The number of H-pyrrole nitrogens is 1. The number of hydrogen-bond acceptors (Lipinski definition) is 4. The molecule has 1 aliphatic rings. The SMILES string of the molecule is COc1ccc(-c2[nH]c3ccccc3c2CCC(=O)N(C)Cc2ccccc2N2CCOCC2)cc1. The van der Waals surface area contributed by atoms with Crippen molar-refractivity contribution in [1.82, 2.24) is 9.88 Å². The number of hydrogen-bond donors (Lipinski definition) is 1. The Balaban J connectivity index is 1.32. The summed E-state index contributed by atoms with van der Waals surface area (Å²) in [6.07, 6.45) is 1.11. The number of anilines is 1. The summed E-state index contributed by atoms with van der Waals surface area (Å²) in [5.74, 6) is 0.961. The molecule has 1 N–H and O–H groups in total. The van der Waals surface area contributed by atoms with Crippen LogP contribution in [0.1, 0.15) is 17.5 Å². The van der Waals surface area contributed by atoms with Gasteiger partial charge < -0.3 is 24.3 Å². The zero-order chi connectivity index (χ0) is 24.9. The zero-order valence-corrected chi connectivity index (χ0v) is 21.0. The Morgan fingerprint density at radius 2 is 1.72 bits per heavy atom. The minimum atomic E-state index is 0.137. The van der Waals surface area contributed by atoms with Crippen molar-refractivity contribution in [3.05, 3.63) is 83.9 Å². The Morgan fingerprint density at radius 3 is 2.50 bits per heavy atom. The van der Waals surface area contributed by atoms with E-state index in [1.165, 1.54) is 16.8 Å². The lowest BCUT2D eigenvalue weighted by atomic mass is 10.0. The molecule has 186 valence electrons. The van der Waals surface area contributed by atoms with Gasteiger partial charge in [-0.05, 0) is 59.5 Å². The van der Waals surface area contributed by atoms with Gasteiger partial charge in [0.1, 0.15) is 5.75 Å². The molecule has 6 heteroatoms. The third-order valence-electron chi connectivity index (χ3n) is 6.96. The van der Waals surface area contributed by atoms with E-state index in [1.807, 2.05) is 42.3 Å². The maximum absolute atomic E-state index is 13.3. The van der Waals surface area contributed by atoms with Gasteiger partial charge >= 0.3 is 0 Å². The van der Waals surface area contributed by atoms with Crippen LogP contribution in [0.3, 0.4) is 0 Å². The molecule has 1 fully saturated rings. The topological polar surface area (TPSA) is 57.8 Å². The summed E-state index contributed by atoms with van der Waals surface area (Å²) in [5.41, 5.74) is 6.76. The monoisotopic (exact) mass is 483 g/mol. The van der Waals surface area contributed by atoms with Gasteiger partial charge in [0, 0.05) is 55.4 Å². The number of aromatic amines is 1. The molecule has 0 unspecified atom stereocenters. The number of aromatic nitrogens is 1. The molecule has 6 nitrogen and oxygen atoms in total. The van der Waals surface area contributed by atoms with Gasteiger partial charge in [0.15, 0.2) is 0 Å². The van der Waals surface area contributed by atoms with E-state index in [4.69, 9.17) is 9.47 Å². The fourth-order valence-electron chi connectivity index (χ4n) is 4.99. The van der Waals surface area contributed by atoms with Crippen LogP contribution >= 0.6 is 0 Å². The van der Waals surface area contributed by atoms with Gasteiger partial charge in [0.2, 0.25) is 5.91 Å². The highest BCUT2D eigenvalue weighted by atomic mass is 16.5. The highest BCUT2D eigenvalue weighted by Crippen LogP contribution is 2.32. The minimum absolute atomic E-state index is 0.137. The lowest BCUT2D eigenvalue weighted by Gasteiger charge is -2.31. The number of benzene rings is 3. The molecule has 36 heavy (non-hydrogen) atoms. The number of methoxy groups -OCH3 is 1. The smallest absolute Gasteiger partial charge is 0.222 e. The van der Waals surface area contributed by atoms with Crippen molar-refractivity contribution in [3.63, 3.8) is 0 Å². The maximum atomic E-state index is 13.3. The Labute approximate surface area is 212 Å². The van der Waals surface area contributed by atoms with Crippen LogP contribution in [0.2, 0.25) is 0 Å². The number of rotatable bonds is 8. The summed E-state index contributed by atoms with van der Waals surface area (Å²) in [5, 5.41) is 1.16. The fraction of sp³-hybridized carbons (Fsp3) is 0.300. The molecular weight excluding hydrogens is 450 g/mol. The summed E-state index contributed by atoms with van der Waals surface area (Å²) in [7, 11) is 3.57. The molecule has 0 radical (unpaired) electrons. The van der Waals surface area contributed by atoms with Crippen LogP contribution in [0.25, 0.3) is 22.2 Å². The molecule has 0 atom stereocenters. The molecule has 0 saturated carbocycles. The number of amides is 1. The van der Waals surface area contributed by atoms with Crippen LogP contribution < -0.4 is 9.64 Å². The minimum Gasteiger partial charge on any atom is -0.497 e. The molecule has 0 spiro atoms. The fourth-order valence-corrected chi connectivity index (χ4v) is 4.99. The predicted molar refractivity (Wildman–Crippen MR) is 145 cm³/mol. The normalized spacial score (nSPS) is 13.7. The van der Waals surface area contributed by atoms with Crippen molar-refractivity contribution in [2.45, 2.75) is 19.4 Å². The Kier molecular flexibility index (Phi) is 7.23. The van der Waals surface area contributed by atoms with Gasteiger partial charge in [0.05, 0.1) is 20.3 Å². The largest absolute Gasteiger partial charge is 0.497 e. The van der Waals surface area contributed by atoms with Crippen molar-refractivity contribution < 1.29 is 14.3 Å². The van der Waals surface area contributed by atoms with Crippen LogP contribution in [0, 0.1) is 0 Å². The zero-order valence-electron chi connectivity index (χ0n) is 21.0. The molecule has 4 aromatic rings. The highest BCUT2D eigenvalue weighted by molar-refractivity contribution is 5.91. The summed E-state index contributed by atoms with van der Waals surface area (Å²) >= 11 is 0. The summed E-state index contributed by atoms with van der Waals surface area (Å²) in [4.78, 5) is 21.0. The van der Waals surface area contributed by atoms with Gasteiger partial charge in [-0.25, -0.2) is 0 Å². The number of ether oxygens (including phenoxy) is 2. The number of fused-ring (bicyclic) bond motifs is 1. The quantitative estimate of drug-likeness (QED) is 0.371. The van der Waals surface area contributed by atoms with Gasteiger partial charge in [-0.3, -0.25) is 4.79 Å². The first-order valence-electron chi connectivity index (χ1n) is 12.5. The average molecular weight is 484 g/mol. The Bertz CT molecular complexity index is 1320. The molecule has 5 rings (SSSR count). The number of nitrogens with one attached hydrogen (secondary N) is 1. The van der Waals surface area contributed by atoms with E-state index in [1.54, 1.807) is 7.11 Å². The summed E-state index contributed by atoms with van der Waals surface area (Å²) < 4.78 is 10.8. The number of para-hydroxylation sites is 2. The van der Waals surface area contributed by atoms with E-state index in [0.29, 0.717) is 19.4 Å². The Hall–Kier alpha value is -3.77. The molecular formula is C30H33N3O3. The standard InChI is InChI=1S/C30H33N3O3/c1-32(21-23-7-3-6-10-28(23)33-17-19-36-20-18-33)29(34)16-15-26-25-8-4-5-9-27(25)31-30(26)22-11-13-24(35-2)14-12-22/h3-14,31H,15-21H2,1-2H3. The van der Waals surface area contributed by atoms with Crippen molar-refractivity contribution in [2.75, 3.05) is 45.4 Å². The van der Waals surface area contributed by atoms with Crippen molar-refractivity contribution >= 4 is 22.5 Å². The first-order valence-corrected chi connectivity index (χ1v) is 12.5. The van der Waals surface area contributed by atoms with E-state index >= 15 is 0 Å². The molecule has 1 aliphatic heterocycles. The van der Waals surface area contributed by atoms with E-state index in [-0.39, 0.29) is 5.91 Å². The van der Waals surface area contributed by atoms with Crippen molar-refractivity contribution in [2.24, 2.45) is 0 Å². The molecule has 1 amide bonds. The second kappa shape index (κ2) is 10.9. The first-order chi connectivity index (χ1) is 17.6. The number of aryl methyl sites for hydroxylation is 1. The van der Waals surface area contributed by atoms with Crippen LogP contribution in [-0.4, -0.2) is 56.3 Å².